The summed E-state index contributed by atoms with van der Waals surface area (Å²) in [5, 5.41) is 5.51. The number of ether oxygens (including phenoxy) is 1. The molecule has 2 fully saturated rings. The Morgan fingerprint density at radius 2 is 1.73 bits per heavy atom. The summed E-state index contributed by atoms with van der Waals surface area (Å²) in [6.07, 6.45) is 4.45. The van der Waals surface area contributed by atoms with Crippen molar-refractivity contribution in [1.82, 2.24) is 15.3 Å². The predicted octanol–water partition coefficient (Wildman–Crippen LogP) is 7.66. The van der Waals surface area contributed by atoms with Crippen LogP contribution < -0.4 is 15.0 Å². The van der Waals surface area contributed by atoms with E-state index in [9.17, 15) is 0 Å². The largest absolute Gasteiger partial charge is 0.496 e. The third-order valence-corrected chi connectivity index (χ3v) is 14.0. The quantitative estimate of drug-likeness (QED) is 0.196. The van der Waals surface area contributed by atoms with Gasteiger partial charge in [-0.25, -0.2) is 9.97 Å². The summed E-state index contributed by atoms with van der Waals surface area (Å²) in [5.41, 5.74) is 3.34. The van der Waals surface area contributed by atoms with E-state index < -0.39 is 8.32 Å². The van der Waals surface area contributed by atoms with Crippen LogP contribution in [0.15, 0.2) is 36.4 Å². The van der Waals surface area contributed by atoms with Gasteiger partial charge in [-0.15, -0.1) is 0 Å². The van der Waals surface area contributed by atoms with Gasteiger partial charge in [0.25, 0.3) is 0 Å². The van der Waals surface area contributed by atoms with Crippen molar-refractivity contribution in [1.29, 1.82) is 0 Å². The predicted molar refractivity (Wildman–Crippen MR) is 169 cm³/mol. The molecule has 1 saturated carbocycles. The molecule has 0 amide bonds. The molecule has 3 aromatic rings. The van der Waals surface area contributed by atoms with Gasteiger partial charge in [-0.1, -0.05) is 56.6 Å². The number of fused-ring (bicyclic) bond motifs is 1. The van der Waals surface area contributed by atoms with Crippen LogP contribution in [0.2, 0.25) is 23.2 Å². The molecule has 1 N–H and O–H groups in total. The molecule has 8 heteroatoms. The molecule has 40 heavy (non-hydrogen) atoms. The van der Waals surface area contributed by atoms with Gasteiger partial charge in [0.1, 0.15) is 17.4 Å². The van der Waals surface area contributed by atoms with Gasteiger partial charge in [-0.05, 0) is 73.0 Å². The molecule has 2 aromatic carbocycles. The fourth-order valence-corrected chi connectivity index (χ4v) is 6.70. The van der Waals surface area contributed by atoms with E-state index in [1.54, 1.807) is 7.11 Å². The minimum absolute atomic E-state index is 0.214. The van der Waals surface area contributed by atoms with Crippen LogP contribution in [-0.4, -0.2) is 51.6 Å². The number of para-hydroxylation sites is 1. The lowest BCUT2D eigenvalue weighted by Gasteiger charge is -2.36. The normalized spacial score (nSPS) is 17.0. The molecule has 5 rings (SSSR count). The average molecular weight is 581 g/mol. The number of piperidine rings is 1. The van der Waals surface area contributed by atoms with Crippen molar-refractivity contribution in [2.24, 2.45) is 0 Å². The fourth-order valence-electron chi connectivity index (χ4n) is 5.34. The molecular weight excluding hydrogens is 536 g/mol. The summed E-state index contributed by atoms with van der Waals surface area (Å²) in [6.45, 7) is 15.5. The van der Waals surface area contributed by atoms with Crippen LogP contribution in [-0.2, 0) is 11.0 Å². The highest BCUT2D eigenvalue weighted by Gasteiger charge is 2.37. The summed E-state index contributed by atoms with van der Waals surface area (Å²) < 4.78 is 12.0. The van der Waals surface area contributed by atoms with Gasteiger partial charge in [0, 0.05) is 38.7 Å². The number of benzene rings is 2. The molecule has 2 aliphatic rings. The number of nitrogens with zero attached hydrogens (tertiary/aromatic N) is 3. The van der Waals surface area contributed by atoms with Gasteiger partial charge >= 0.3 is 0 Å². The van der Waals surface area contributed by atoms with Gasteiger partial charge < -0.3 is 19.4 Å². The van der Waals surface area contributed by atoms with Crippen LogP contribution in [0.4, 0.5) is 5.82 Å². The van der Waals surface area contributed by atoms with E-state index in [0.29, 0.717) is 25.0 Å². The number of halogens is 1. The molecule has 1 saturated heterocycles. The van der Waals surface area contributed by atoms with Crippen LogP contribution in [0.1, 0.15) is 75.2 Å². The second kappa shape index (κ2) is 12.0. The zero-order valence-corrected chi connectivity index (χ0v) is 26.8. The van der Waals surface area contributed by atoms with Crippen LogP contribution in [0.5, 0.6) is 5.75 Å². The van der Waals surface area contributed by atoms with Gasteiger partial charge in [0.15, 0.2) is 8.32 Å². The smallest absolute Gasteiger partial charge is 0.192 e. The molecule has 0 spiro atoms. The topological polar surface area (TPSA) is 59.5 Å². The Labute approximate surface area is 246 Å². The Hall–Kier alpha value is -2.19. The lowest BCUT2D eigenvalue weighted by atomic mass is 9.88. The molecular formula is C32H45ClN4O2Si. The van der Waals surface area contributed by atoms with Crippen LogP contribution in [0.3, 0.4) is 0 Å². The first-order chi connectivity index (χ1) is 19.1. The van der Waals surface area contributed by atoms with Crippen LogP contribution in [0.25, 0.3) is 10.9 Å². The standard InChI is InChI=1S/C32H45ClN4O2Si/c1-32(2,3)40(5,6)39-20-17-34-21-24-13-14-26-28(29(24)33)31(36-30(35-26)23-11-12-23)37-18-15-22(16-19-37)25-9-7-8-10-27(25)38-4/h7-10,13-14,22-23,34H,11-12,15-21H2,1-6H3. The number of aromatic nitrogens is 2. The van der Waals surface area contributed by atoms with Gasteiger partial charge in [-0.2, -0.15) is 0 Å². The summed E-state index contributed by atoms with van der Waals surface area (Å²) in [5.74, 6) is 3.92. The number of methoxy groups -OCH3 is 1. The van der Waals surface area contributed by atoms with Crippen molar-refractivity contribution in [2.45, 2.75) is 83.0 Å². The van der Waals surface area contributed by atoms with Crippen molar-refractivity contribution >= 4 is 36.6 Å². The molecule has 1 aliphatic carbocycles. The van der Waals surface area contributed by atoms with Crippen LogP contribution in [0, 0.1) is 0 Å². The highest BCUT2D eigenvalue weighted by Crippen LogP contribution is 2.43. The maximum absolute atomic E-state index is 7.14. The Balaban J connectivity index is 1.32. The van der Waals surface area contributed by atoms with Crippen molar-refractivity contribution in [3.05, 3.63) is 58.4 Å². The monoisotopic (exact) mass is 580 g/mol. The Morgan fingerprint density at radius 1 is 1.00 bits per heavy atom. The minimum Gasteiger partial charge on any atom is -0.496 e. The van der Waals surface area contributed by atoms with Crippen molar-refractivity contribution in [3.63, 3.8) is 0 Å². The number of hydrogen-bond donors (Lipinski definition) is 1. The Bertz CT molecular complexity index is 1330. The molecule has 0 bridgehead atoms. The highest BCUT2D eigenvalue weighted by molar-refractivity contribution is 6.74. The summed E-state index contributed by atoms with van der Waals surface area (Å²) >= 11 is 7.14. The van der Waals surface area contributed by atoms with Crippen molar-refractivity contribution < 1.29 is 9.16 Å². The first-order valence-corrected chi connectivity index (χ1v) is 18.1. The lowest BCUT2D eigenvalue weighted by molar-refractivity contribution is 0.285. The van der Waals surface area contributed by atoms with Gasteiger partial charge in [0.05, 0.1) is 23.0 Å². The number of rotatable bonds is 10. The van der Waals surface area contributed by atoms with Crippen LogP contribution >= 0.6 is 11.6 Å². The zero-order chi connectivity index (χ0) is 28.5. The SMILES string of the molecule is COc1ccccc1C1CCN(c2nc(C3CC3)nc3ccc(CNCCO[Si](C)(C)C(C)(C)C)c(Cl)c23)CC1. The van der Waals surface area contributed by atoms with E-state index >= 15 is 0 Å². The maximum Gasteiger partial charge on any atom is 0.192 e. The summed E-state index contributed by atoms with van der Waals surface area (Å²) in [6, 6.07) is 12.7. The minimum atomic E-state index is -1.75. The third kappa shape index (κ3) is 6.33. The van der Waals surface area contributed by atoms with E-state index in [4.69, 9.17) is 30.7 Å². The molecule has 0 radical (unpaired) electrons. The van der Waals surface area contributed by atoms with E-state index in [1.165, 1.54) is 18.4 Å². The zero-order valence-electron chi connectivity index (χ0n) is 25.0. The first-order valence-electron chi connectivity index (χ1n) is 14.8. The molecule has 2 heterocycles. The summed E-state index contributed by atoms with van der Waals surface area (Å²) in [4.78, 5) is 12.5. The molecule has 1 aromatic heterocycles. The lowest BCUT2D eigenvalue weighted by Crippen LogP contribution is -2.42. The molecule has 216 valence electrons. The van der Waals surface area contributed by atoms with Gasteiger partial charge in [-0.3, -0.25) is 0 Å². The molecule has 6 nitrogen and oxygen atoms in total. The Morgan fingerprint density at radius 3 is 2.40 bits per heavy atom. The number of anilines is 1. The fraction of sp³-hybridized carbons (Fsp3) is 0.562. The van der Waals surface area contributed by atoms with E-state index in [0.717, 1.165) is 71.4 Å². The second-order valence-corrected chi connectivity index (χ2v) is 18.1. The number of nitrogens with one attached hydrogen (secondary N) is 1. The van der Waals surface area contributed by atoms with E-state index in [-0.39, 0.29) is 5.04 Å². The maximum atomic E-state index is 7.14. The Kier molecular flexibility index (Phi) is 8.76. The van der Waals surface area contributed by atoms with E-state index in [1.807, 2.05) is 6.07 Å². The summed E-state index contributed by atoms with van der Waals surface area (Å²) in [7, 11) is 0.0151. The average Bonchev–Trinajstić information content (AvgIpc) is 3.79. The van der Waals surface area contributed by atoms with E-state index in [2.05, 4.69) is 74.4 Å². The number of hydrogen-bond acceptors (Lipinski definition) is 6. The molecule has 1 aliphatic heterocycles. The third-order valence-electron chi connectivity index (χ3n) is 9.06. The van der Waals surface area contributed by atoms with Gasteiger partial charge in [0.2, 0.25) is 0 Å². The highest BCUT2D eigenvalue weighted by atomic mass is 35.5. The molecule has 0 atom stereocenters. The molecule has 0 unspecified atom stereocenters. The second-order valence-electron chi connectivity index (χ2n) is 12.9. The van der Waals surface area contributed by atoms with Crippen molar-refractivity contribution in [2.75, 3.05) is 38.3 Å². The first kappa shape index (κ1) is 29.3. The van der Waals surface area contributed by atoms with Crippen molar-refractivity contribution in [3.8, 4) is 5.75 Å².